The van der Waals surface area contributed by atoms with Gasteiger partial charge in [0.2, 0.25) is 0 Å². The molecule has 2 aromatic rings. The summed E-state index contributed by atoms with van der Waals surface area (Å²) in [6.07, 6.45) is 2.89. The molecular formula is C21H26FNO2. The predicted octanol–water partition coefficient (Wildman–Crippen LogP) is 3.63. The van der Waals surface area contributed by atoms with Crippen molar-refractivity contribution in [2.45, 2.75) is 50.9 Å². The van der Waals surface area contributed by atoms with E-state index in [1.54, 1.807) is 12.1 Å². The SMILES string of the molecule is Cc1ccccc1CCN[C@H]1CCC[C@@H](Oc2ccc(F)cc2)[C@@H]1O. The topological polar surface area (TPSA) is 41.5 Å². The van der Waals surface area contributed by atoms with E-state index in [9.17, 15) is 9.50 Å². The van der Waals surface area contributed by atoms with Crippen LogP contribution in [0.2, 0.25) is 0 Å². The van der Waals surface area contributed by atoms with Gasteiger partial charge in [0.1, 0.15) is 23.8 Å². The summed E-state index contributed by atoms with van der Waals surface area (Å²) in [5.74, 6) is 0.318. The van der Waals surface area contributed by atoms with Crippen LogP contribution in [0.4, 0.5) is 4.39 Å². The molecule has 0 bridgehead atoms. The van der Waals surface area contributed by atoms with E-state index < -0.39 is 6.10 Å². The van der Waals surface area contributed by atoms with Crippen LogP contribution in [0.25, 0.3) is 0 Å². The number of aliphatic hydroxyl groups is 1. The second-order valence-corrected chi connectivity index (χ2v) is 6.77. The number of nitrogens with one attached hydrogen (secondary N) is 1. The summed E-state index contributed by atoms with van der Waals surface area (Å²) in [7, 11) is 0. The van der Waals surface area contributed by atoms with Crippen molar-refractivity contribution in [2.75, 3.05) is 6.54 Å². The van der Waals surface area contributed by atoms with Gasteiger partial charge < -0.3 is 15.2 Å². The lowest BCUT2D eigenvalue weighted by Gasteiger charge is -2.35. The van der Waals surface area contributed by atoms with E-state index in [-0.39, 0.29) is 18.0 Å². The van der Waals surface area contributed by atoms with Crippen molar-refractivity contribution in [1.29, 1.82) is 0 Å². The van der Waals surface area contributed by atoms with Crippen LogP contribution in [-0.2, 0) is 6.42 Å². The van der Waals surface area contributed by atoms with Crippen LogP contribution in [0.15, 0.2) is 48.5 Å². The summed E-state index contributed by atoms with van der Waals surface area (Å²) in [6.45, 7) is 2.95. The largest absolute Gasteiger partial charge is 0.488 e. The fourth-order valence-electron chi connectivity index (χ4n) is 3.46. The highest BCUT2D eigenvalue weighted by Gasteiger charge is 2.32. The quantitative estimate of drug-likeness (QED) is 0.842. The molecule has 2 aromatic carbocycles. The molecule has 0 radical (unpaired) electrons. The molecule has 1 fully saturated rings. The second kappa shape index (κ2) is 8.45. The molecule has 3 atom stereocenters. The van der Waals surface area contributed by atoms with Gasteiger partial charge in [-0.2, -0.15) is 0 Å². The van der Waals surface area contributed by atoms with Gasteiger partial charge >= 0.3 is 0 Å². The molecule has 0 aromatic heterocycles. The van der Waals surface area contributed by atoms with Gasteiger partial charge in [0, 0.05) is 6.04 Å². The normalized spacial score (nSPS) is 23.4. The lowest BCUT2D eigenvalue weighted by atomic mass is 9.89. The standard InChI is InChI=1S/C21H26FNO2/c1-15-5-2-3-6-16(15)13-14-23-19-7-4-8-20(21(19)24)25-18-11-9-17(22)10-12-18/h2-3,5-6,9-12,19-21,23-24H,4,7-8,13-14H2,1H3/t19-,20+,21+/m0/s1. The molecule has 0 heterocycles. The summed E-state index contributed by atoms with van der Waals surface area (Å²) >= 11 is 0. The van der Waals surface area contributed by atoms with E-state index in [0.29, 0.717) is 5.75 Å². The molecule has 1 saturated carbocycles. The zero-order chi connectivity index (χ0) is 17.6. The minimum Gasteiger partial charge on any atom is -0.488 e. The molecule has 25 heavy (non-hydrogen) atoms. The average Bonchev–Trinajstić information content (AvgIpc) is 2.61. The zero-order valence-electron chi connectivity index (χ0n) is 14.6. The van der Waals surface area contributed by atoms with Crippen LogP contribution in [0, 0.1) is 12.7 Å². The molecule has 0 spiro atoms. The number of aryl methyl sites for hydroxylation is 1. The fourth-order valence-corrected chi connectivity index (χ4v) is 3.46. The predicted molar refractivity (Wildman–Crippen MR) is 97.3 cm³/mol. The Labute approximate surface area is 148 Å². The first-order chi connectivity index (χ1) is 12.1. The van der Waals surface area contributed by atoms with Crippen molar-refractivity contribution >= 4 is 0 Å². The number of halogens is 1. The average molecular weight is 343 g/mol. The molecule has 2 N–H and O–H groups in total. The highest BCUT2D eigenvalue weighted by atomic mass is 19.1. The zero-order valence-corrected chi connectivity index (χ0v) is 14.6. The molecule has 4 heteroatoms. The fraction of sp³-hybridized carbons (Fsp3) is 0.429. The van der Waals surface area contributed by atoms with Crippen LogP contribution in [-0.4, -0.2) is 29.9 Å². The Morgan fingerprint density at radius 1 is 1.12 bits per heavy atom. The Morgan fingerprint density at radius 3 is 2.64 bits per heavy atom. The number of aliphatic hydroxyl groups excluding tert-OH is 1. The minimum absolute atomic E-state index is 0.0308. The maximum atomic E-state index is 13.0. The molecular weight excluding hydrogens is 317 g/mol. The summed E-state index contributed by atoms with van der Waals surface area (Å²) in [6, 6.07) is 14.4. The van der Waals surface area contributed by atoms with Gasteiger partial charge in [-0.15, -0.1) is 0 Å². The van der Waals surface area contributed by atoms with E-state index >= 15 is 0 Å². The highest BCUT2D eigenvalue weighted by Crippen LogP contribution is 2.24. The van der Waals surface area contributed by atoms with Crippen molar-refractivity contribution in [3.63, 3.8) is 0 Å². The highest BCUT2D eigenvalue weighted by molar-refractivity contribution is 5.26. The molecule has 1 aliphatic rings. The number of rotatable bonds is 6. The summed E-state index contributed by atoms with van der Waals surface area (Å²) in [5.41, 5.74) is 2.63. The van der Waals surface area contributed by atoms with Crippen molar-refractivity contribution in [3.05, 3.63) is 65.5 Å². The van der Waals surface area contributed by atoms with E-state index in [0.717, 1.165) is 32.2 Å². The number of ether oxygens (including phenoxy) is 1. The molecule has 3 nitrogen and oxygen atoms in total. The first-order valence-electron chi connectivity index (χ1n) is 9.01. The second-order valence-electron chi connectivity index (χ2n) is 6.77. The lowest BCUT2D eigenvalue weighted by molar-refractivity contribution is -0.0151. The van der Waals surface area contributed by atoms with E-state index in [2.05, 4.69) is 36.5 Å². The maximum Gasteiger partial charge on any atom is 0.126 e. The van der Waals surface area contributed by atoms with Crippen LogP contribution < -0.4 is 10.1 Å². The van der Waals surface area contributed by atoms with Crippen molar-refractivity contribution < 1.29 is 14.2 Å². The van der Waals surface area contributed by atoms with Gasteiger partial charge in [-0.05, 0) is 74.5 Å². The van der Waals surface area contributed by atoms with Crippen LogP contribution in [0.1, 0.15) is 30.4 Å². The summed E-state index contributed by atoms with van der Waals surface area (Å²) < 4.78 is 18.9. The van der Waals surface area contributed by atoms with Crippen molar-refractivity contribution in [2.24, 2.45) is 0 Å². The monoisotopic (exact) mass is 343 g/mol. The van der Waals surface area contributed by atoms with Crippen LogP contribution in [0.3, 0.4) is 0 Å². The molecule has 0 saturated heterocycles. The smallest absolute Gasteiger partial charge is 0.126 e. The molecule has 134 valence electrons. The molecule has 0 unspecified atom stereocenters. The third-order valence-electron chi connectivity index (χ3n) is 4.96. The van der Waals surface area contributed by atoms with Gasteiger partial charge in [-0.25, -0.2) is 4.39 Å². The van der Waals surface area contributed by atoms with E-state index in [4.69, 9.17) is 4.74 Å². The van der Waals surface area contributed by atoms with Crippen LogP contribution >= 0.6 is 0 Å². The van der Waals surface area contributed by atoms with Gasteiger partial charge in [-0.3, -0.25) is 0 Å². The van der Waals surface area contributed by atoms with Gasteiger partial charge in [0.05, 0.1) is 0 Å². The summed E-state index contributed by atoms with van der Waals surface area (Å²) in [5, 5.41) is 14.1. The van der Waals surface area contributed by atoms with Crippen molar-refractivity contribution in [3.8, 4) is 5.75 Å². The number of benzene rings is 2. The Bertz CT molecular complexity index is 674. The number of hydrogen-bond acceptors (Lipinski definition) is 3. The van der Waals surface area contributed by atoms with Gasteiger partial charge in [0.15, 0.2) is 0 Å². The third kappa shape index (κ3) is 4.80. The maximum absolute atomic E-state index is 13.0. The Balaban J connectivity index is 1.52. The summed E-state index contributed by atoms with van der Waals surface area (Å²) in [4.78, 5) is 0. The molecule has 3 rings (SSSR count). The molecule has 1 aliphatic carbocycles. The van der Waals surface area contributed by atoms with E-state index in [1.165, 1.54) is 23.3 Å². The molecule has 0 amide bonds. The van der Waals surface area contributed by atoms with Crippen molar-refractivity contribution in [1.82, 2.24) is 5.32 Å². The molecule has 0 aliphatic heterocycles. The minimum atomic E-state index is -0.560. The first kappa shape index (κ1) is 17.9. The Kier molecular flexibility index (Phi) is 6.05. The van der Waals surface area contributed by atoms with Gasteiger partial charge in [0.25, 0.3) is 0 Å². The Morgan fingerprint density at radius 2 is 1.88 bits per heavy atom. The van der Waals surface area contributed by atoms with Gasteiger partial charge in [-0.1, -0.05) is 24.3 Å². The Hall–Kier alpha value is -1.91. The lowest BCUT2D eigenvalue weighted by Crippen LogP contribution is -2.51. The van der Waals surface area contributed by atoms with E-state index in [1.807, 2.05) is 0 Å². The first-order valence-corrected chi connectivity index (χ1v) is 9.01. The third-order valence-corrected chi connectivity index (χ3v) is 4.96. The van der Waals surface area contributed by atoms with Crippen LogP contribution in [0.5, 0.6) is 5.75 Å². The number of hydrogen-bond donors (Lipinski definition) is 2.